The van der Waals surface area contributed by atoms with Crippen LogP contribution < -0.4 is 9.47 Å². The van der Waals surface area contributed by atoms with Gasteiger partial charge in [-0.1, -0.05) is 49.4 Å². The molecule has 0 saturated carbocycles. The van der Waals surface area contributed by atoms with Crippen LogP contribution in [0.5, 0.6) is 11.5 Å². The van der Waals surface area contributed by atoms with E-state index in [9.17, 15) is 0 Å². The monoisotopic (exact) mass is 462 g/mol. The number of hydrogen-bond acceptors (Lipinski definition) is 3. The molecular formula is C25H23BrN2O2. The van der Waals surface area contributed by atoms with Gasteiger partial charge in [0.05, 0.1) is 30.1 Å². The van der Waals surface area contributed by atoms with E-state index in [0.717, 1.165) is 50.6 Å². The first-order valence-corrected chi connectivity index (χ1v) is 10.6. The number of halogens is 1. The number of aryl methyl sites for hydroxylation is 1. The van der Waals surface area contributed by atoms with Crippen molar-refractivity contribution in [3.8, 4) is 39.7 Å². The Balaban J connectivity index is 2.06. The van der Waals surface area contributed by atoms with Gasteiger partial charge >= 0.3 is 0 Å². The van der Waals surface area contributed by atoms with E-state index in [4.69, 9.17) is 14.6 Å². The maximum atomic E-state index is 5.68. The molecule has 0 bridgehead atoms. The zero-order valence-corrected chi connectivity index (χ0v) is 18.8. The van der Waals surface area contributed by atoms with Crippen LogP contribution in [0.3, 0.4) is 0 Å². The van der Waals surface area contributed by atoms with Gasteiger partial charge in [-0.25, -0.2) is 4.68 Å². The highest BCUT2D eigenvalue weighted by atomic mass is 79.9. The summed E-state index contributed by atoms with van der Waals surface area (Å²) in [5, 5.41) is 5.05. The number of nitrogens with zero attached hydrogens (tertiary/aromatic N) is 2. The summed E-state index contributed by atoms with van der Waals surface area (Å²) in [5.74, 6) is 1.57. The largest absolute Gasteiger partial charge is 0.496 e. The van der Waals surface area contributed by atoms with E-state index in [1.165, 1.54) is 5.56 Å². The van der Waals surface area contributed by atoms with Crippen LogP contribution >= 0.6 is 15.9 Å². The summed E-state index contributed by atoms with van der Waals surface area (Å²) in [4.78, 5) is 0. The molecule has 0 radical (unpaired) electrons. The normalized spacial score (nSPS) is 10.8. The zero-order valence-electron chi connectivity index (χ0n) is 17.2. The van der Waals surface area contributed by atoms with E-state index in [0.29, 0.717) is 0 Å². The van der Waals surface area contributed by atoms with Crippen molar-refractivity contribution >= 4 is 15.9 Å². The van der Waals surface area contributed by atoms with Crippen LogP contribution in [-0.2, 0) is 6.42 Å². The molecule has 4 aromatic rings. The van der Waals surface area contributed by atoms with Crippen molar-refractivity contribution in [1.29, 1.82) is 0 Å². The first-order chi connectivity index (χ1) is 14.7. The summed E-state index contributed by atoms with van der Waals surface area (Å²) in [6.45, 7) is 2.15. The summed E-state index contributed by atoms with van der Waals surface area (Å²) in [7, 11) is 3.37. The first kappa shape index (κ1) is 20.2. The molecule has 4 nitrogen and oxygen atoms in total. The van der Waals surface area contributed by atoms with Crippen molar-refractivity contribution in [3.63, 3.8) is 0 Å². The fourth-order valence-electron chi connectivity index (χ4n) is 3.67. The topological polar surface area (TPSA) is 36.3 Å². The molecule has 0 fully saturated rings. The molecule has 0 atom stereocenters. The zero-order chi connectivity index (χ0) is 21.1. The van der Waals surface area contributed by atoms with E-state index in [1.807, 2.05) is 53.2 Å². The lowest BCUT2D eigenvalue weighted by atomic mass is 10.1. The Morgan fingerprint density at radius 2 is 1.37 bits per heavy atom. The molecule has 152 valence electrons. The van der Waals surface area contributed by atoms with Gasteiger partial charge in [0.2, 0.25) is 0 Å². The van der Waals surface area contributed by atoms with Gasteiger partial charge in [-0.15, -0.1) is 0 Å². The van der Waals surface area contributed by atoms with Crippen LogP contribution in [0.15, 0.2) is 77.3 Å². The van der Waals surface area contributed by atoms with Crippen LogP contribution in [0.2, 0.25) is 0 Å². The Bertz CT molecular complexity index is 1180. The average Bonchev–Trinajstić information content (AvgIpc) is 3.15. The van der Waals surface area contributed by atoms with Gasteiger partial charge in [-0.3, -0.25) is 0 Å². The van der Waals surface area contributed by atoms with Gasteiger partial charge in [0, 0.05) is 11.1 Å². The van der Waals surface area contributed by atoms with Crippen molar-refractivity contribution in [2.75, 3.05) is 14.2 Å². The summed E-state index contributed by atoms with van der Waals surface area (Å²) < 4.78 is 14.2. The summed E-state index contributed by atoms with van der Waals surface area (Å²) in [6.07, 6.45) is 0.906. The predicted molar refractivity (Wildman–Crippen MR) is 125 cm³/mol. The van der Waals surface area contributed by atoms with Crippen LogP contribution in [-0.4, -0.2) is 24.0 Å². The fraction of sp³-hybridized carbons (Fsp3) is 0.160. The second kappa shape index (κ2) is 8.76. The Labute approximate surface area is 185 Å². The predicted octanol–water partition coefficient (Wildman–Crippen LogP) is 6.55. The number of hydrogen-bond donors (Lipinski definition) is 0. The highest BCUT2D eigenvalue weighted by molar-refractivity contribution is 9.10. The van der Waals surface area contributed by atoms with E-state index in [2.05, 4.69) is 47.1 Å². The molecular weight excluding hydrogens is 440 g/mol. The van der Waals surface area contributed by atoms with Crippen molar-refractivity contribution in [2.24, 2.45) is 0 Å². The van der Waals surface area contributed by atoms with Gasteiger partial charge in [0.25, 0.3) is 0 Å². The molecule has 1 aromatic heterocycles. The second-order valence-corrected chi connectivity index (χ2v) is 7.60. The third kappa shape index (κ3) is 3.50. The summed E-state index contributed by atoms with van der Waals surface area (Å²) in [5.41, 5.74) is 5.91. The maximum Gasteiger partial charge on any atom is 0.128 e. The lowest BCUT2D eigenvalue weighted by Crippen LogP contribution is -2.04. The first-order valence-electron chi connectivity index (χ1n) is 9.83. The maximum absolute atomic E-state index is 5.68. The van der Waals surface area contributed by atoms with Gasteiger partial charge in [0.15, 0.2) is 0 Å². The van der Waals surface area contributed by atoms with E-state index in [1.54, 1.807) is 14.2 Å². The summed E-state index contributed by atoms with van der Waals surface area (Å²) >= 11 is 3.85. The Hall–Kier alpha value is -3.05. The van der Waals surface area contributed by atoms with Gasteiger partial charge < -0.3 is 9.47 Å². The van der Waals surface area contributed by atoms with Crippen LogP contribution in [0.1, 0.15) is 12.5 Å². The Morgan fingerprint density at radius 3 is 2.03 bits per heavy atom. The van der Waals surface area contributed by atoms with Gasteiger partial charge in [-0.05, 0) is 58.2 Å². The molecule has 0 spiro atoms. The third-order valence-electron chi connectivity index (χ3n) is 5.15. The highest BCUT2D eigenvalue weighted by Gasteiger charge is 2.24. The molecule has 5 heteroatoms. The van der Waals surface area contributed by atoms with Crippen LogP contribution in [0, 0.1) is 0 Å². The molecule has 0 unspecified atom stereocenters. The standard InChI is InChI=1S/C25H23BrN2O2/c1-4-17-11-5-8-14-20(17)28-25(19-13-7-10-16-22(19)30-3)23(26)24(27-28)18-12-6-9-15-21(18)29-2/h5-16H,4H2,1-3H3. The molecule has 0 aliphatic heterocycles. The quantitative estimate of drug-likeness (QED) is 0.326. The number of ether oxygens (including phenoxy) is 2. The smallest absolute Gasteiger partial charge is 0.128 e. The summed E-state index contributed by atoms with van der Waals surface area (Å²) in [6, 6.07) is 24.3. The van der Waals surface area contributed by atoms with E-state index < -0.39 is 0 Å². The average molecular weight is 463 g/mol. The van der Waals surface area contributed by atoms with Crippen LogP contribution in [0.4, 0.5) is 0 Å². The van der Waals surface area contributed by atoms with Crippen molar-refractivity contribution in [3.05, 3.63) is 82.8 Å². The highest BCUT2D eigenvalue weighted by Crippen LogP contribution is 2.43. The number of rotatable bonds is 6. The van der Waals surface area contributed by atoms with E-state index >= 15 is 0 Å². The van der Waals surface area contributed by atoms with Crippen LogP contribution in [0.25, 0.3) is 28.2 Å². The molecule has 0 aliphatic rings. The molecule has 30 heavy (non-hydrogen) atoms. The minimum Gasteiger partial charge on any atom is -0.496 e. The molecule has 1 heterocycles. The Kier molecular flexibility index (Phi) is 5.91. The molecule has 0 saturated heterocycles. The number of benzene rings is 3. The number of methoxy groups -OCH3 is 2. The lowest BCUT2D eigenvalue weighted by Gasteiger charge is -2.14. The van der Waals surface area contributed by atoms with Gasteiger partial charge in [0.1, 0.15) is 17.2 Å². The van der Waals surface area contributed by atoms with Crippen molar-refractivity contribution in [1.82, 2.24) is 9.78 Å². The van der Waals surface area contributed by atoms with Crippen molar-refractivity contribution < 1.29 is 9.47 Å². The fourth-order valence-corrected chi connectivity index (χ4v) is 4.35. The Morgan fingerprint density at radius 1 is 0.800 bits per heavy atom. The van der Waals surface area contributed by atoms with Crippen molar-refractivity contribution in [2.45, 2.75) is 13.3 Å². The number of aromatic nitrogens is 2. The van der Waals surface area contributed by atoms with E-state index in [-0.39, 0.29) is 0 Å². The molecule has 4 rings (SSSR count). The minimum absolute atomic E-state index is 0.776. The third-order valence-corrected chi connectivity index (χ3v) is 5.90. The SMILES string of the molecule is CCc1ccccc1-n1nc(-c2ccccc2OC)c(Br)c1-c1ccccc1OC. The molecule has 3 aromatic carbocycles. The number of para-hydroxylation sites is 3. The molecule has 0 amide bonds. The minimum atomic E-state index is 0.776. The molecule has 0 aliphatic carbocycles. The lowest BCUT2D eigenvalue weighted by molar-refractivity contribution is 0.416. The molecule has 0 N–H and O–H groups in total. The van der Waals surface area contributed by atoms with Gasteiger partial charge in [-0.2, -0.15) is 5.10 Å². The second-order valence-electron chi connectivity index (χ2n) is 6.81.